The van der Waals surface area contributed by atoms with Crippen LogP contribution in [0.5, 0.6) is 0 Å². The van der Waals surface area contributed by atoms with Crippen molar-refractivity contribution in [1.82, 2.24) is 10.2 Å². The van der Waals surface area contributed by atoms with E-state index in [-0.39, 0.29) is 17.7 Å². The van der Waals surface area contributed by atoms with E-state index in [2.05, 4.69) is 12.2 Å². The van der Waals surface area contributed by atoms with Gasteiger partial charge in [-0.05, 0) is 17.9 Å². The number of nitrogens with one attached hydrogen (secondary N) is 1. The first kappa shape index (κ1) is 15.5. The van der Waals surface area contributed by atoms with Gasteiger partial charge in [-0.3, -0.25) is 9.59 Å². The molecule has 1 heterocycles. The number of hydrogen-bond acceptors (Lipinski definition) is 2. The van der Waals surface area contributed by atoms with Gasteiger partial charge in [-0.2, -0.15) is 0 Å². The molecule has 1 N–H and O–H groups in total. The zero-order chi connectivity index (χ0) is 15.4. The molecule has 0 spiro atoms. The molecule has 0 radical (unpaired) electrons. The molecule has 2 atom stereocenters. The summed E-state index contributed by atoms with van der Waals surface area (Å²) in [6.07, 6.45) is 1.91. The Bertz CT molecular complexity index is 499. The van der Waals surface area contributed by atoms with Crippen LogP contribution in [0.25, 0.3) is 0 Å². The fraction of sp³-hybridized carbons (Fsp3) is 0.529. The fourth-order valence-corrected chi connectivity index (χ4v) is 2.73. The Balaban J connectivity index is 2.33. The molecular formula is C17H24N2O2. The number of hydrogen-bond donors (Lipinski definition) is 1. The topological polar surface area (TPSA) is 49.4 Å². The fourth-order valence-electron chi connectivity index (χ4n) is 2.73. The zero-order valence-electron chi connectivity index (χ0n) is 13.0. The highest BCUT2D eigenvalue weighted by Crippen LogP contribution is 2.27. The molecule has 1 aromatic rings. The third-order valence-corrected chi connectivity index (χ3v) is 3.94. The first-order chi connectivity index (χ1) is 10.1. The number of unbranched alkanes of at least 4 members (excludes halogenated alkanes) is 1. The summed E-state index contributed by atoms with van der Waals surface area (Å²) in [6.45, 7) is 6.64. The van der Waals surface area contributed by atoms with Gasteiger partial charge >= 0.3 is 0 Å². The van der Waals surface area contributed by atoms with Crippen LogP contribution in [0.15, 0.2) is 30.3 Å². The van der Waals surface area contributed by atoms with Gasteiger partial charge in [-0.1, -0.05) is 57.5 Å². The van der Waals surface area contributed by atoms with Crippen LogP contribution in [0.4, 0.5) is 0 Å². The van der Waals surface area contributed by atoms with Crippen molar-refractivity contribution in [2.45, 2.75) is 45.7 Å². The number of nitrogens with zero attached hydrogens (tertiary/aromatic N) is 1. The first-order valence-electron chi connectivity index (χ1n) is 7.72. The maximum absolute atomic E-state index is 12.7. The van der Waals surface area contributed by atoms with E-state index in [1.165, 1.54) is 0 Å². The monoisotopic (exact) mass is 288 g/mol. The Morgan fingerprint density at radius 1 is 1.19 bits per heavy atom. The van der Waals surface area contributed by atoms with Crippen LogP contribution in [0, 0.1) is 5.92 Å². The van der Waals surface area contributed by atoms with Crippen LogP contribution in [0.2, 0.25) is 0 Å². The molecule has 1 aromatic carbocycles. The van der Waals surface area contributed by atoms with E-state index >= 15 is 0 Å². The highest BCUT2D eigenvalue weighted by atomic mass is 16.2. The van der Waals surface area contributed by atoms with Gasteiger partial charge in [-0.15, -0.1) is 0 Å². The molecule has 2 rings (SSSR count). The maximum Gasteiger partial charge on any atom is 0.248 e. The Labute approximate surface area is 126 Å². The lowest BCUT2D eigenvalue weighted by Gasteiger charge is -2.40. The van der Waals surface area contributed by atoms with Crippen molar-refractivity contribution < 1.29 is 9.59 Å². The number of benzene rings is 1. The highest BCUT2D eigenvalue weighted by Gasteiger charge is 2.41. The van der Waals surface area contributed by atoms with Gasteiger partial charge in [-0.25, -0.2) is 0 Å². The van der Waals surface area contributed by atoms with Crippen molar-refractivity contribution in [2.24, 2.45) is 5.92 Å². The van der Waals surface area contributed by atoms with E-state index < -0.39 is 12.1 Å². The van der Waals surface area contributed by atoms with E-state index in [9.17, 15) is 9.59 Å². The number of carbonyl (C=O) groups is 2. The van der Waals surface area contributed by atoms with Gasteiger partial charge in [0.2, 0.25) is 11.8 Å². The molecule has 21 heavy (non-hydrogen) atoms. The summed E-state index contributed by atoms with van der Waals surface area (Å²) in [6, 6.07) is 8.63. The van der Waals surface area contributed by atoms with Crippen LogP contribution < -0.4 is 5.32 Å². The molecule has 4 heteroatoms. The largest absolute Gasteiger partial charge is 0.342 e. The molecule has 1 aliphatic rings. The normalized spacial score (nSPS) is 22.6. The standard InChI is InChI=1S/C17H24N2O2/c1-4-5-11-19-15(13-9-7-6-8-10-13)16(20)18-14(12(2)3)17(19)21/h6-10,12,14-15H,4-5,11H2,1-3H3,(H,18,20). The summed E-state index contributed by atoms with van der Waals surface area (Å²) in [5.74, 6) is 0.0600. The second kappa shape index (κ2) is 6.74. The lowest BCUT2D eigenvalue weighted by Crippen LogP contribution is -2.61. The van der Waals surface area contributed by atoms with Gasteiger partial charge in [0.15, 0.2) is 0 Å². The maximum atomic E-state index is 12.7. The van der Waals surface area contributed by atoms with Gasteiger partial charge in [0.05, 0.1) is 0 Å². The Hall–Kier alpha value is -1.84. The molecule has 2 unspecified atom stereocenters. The number of amides is 2. The number of rotatable bonds is 5. The molecule has 1 saturated heterocycles. The van der Waals surface area contributed by atoms with E-state index in [0.717, 1.165) is 18.4 Å². The molecular weight excluding hydrogens is 264 g/mol. The third-order valence-electron chi connectivity index (χ3n) is 3.94. The van der Waals surface area contributed by atoms with E-state index in [0.29, 0.717) is 6.54 Å². The Kier molecular flexibility index (Phi) is 4.99. The highest BCUT2D eigenvalue weighted by molar-refractivity contribution is 5.97. The number of carbonyl (C=O) groups excluding carboxylic acids is 2. The molecule has 1 aliphatic heterocycles. The summed E-state index contributed by atoms with van der Waals surface area (Å²) in [5.41, 5.74) is 0.877. The average Bonchev–Trinajstić information content (AvgIpc) is 2.48. The van der Waals surface area contributed by atoms with E-state index in [1.54, 1.807) is 4.90 Å². The predicted octanol–water partition coefficient (Wildman–Crippen LogP) is 2.51. The molecule has 0 saturated carbocycles. The minimum atomic E-state index is -0.500. The van der Waals surface area contributed by atoms with Crippen molar-refractivity contribution in [3.05, 3.63) is 35.9 Å². The van der Waals surface area contributed by atoms with Crippen LogP contribution in [0.1, 0.15) is 45.2 Å². The minimum absolute atomic E-state index is 0.0342. The van der Waals surface area contributed by atoms with Crippen molar-refractivity contribution in [2.75, 3.05) is 6.54 Å². The second-order valence-electron chi connectivity index (χ2n) is 5.93. The lowest BCUT2D eigenvalue weighted by atomic mass is 9.94. The van der Waals surface area contributed by atoms with Gasteiger partial charge < -0.3 is 10.2 Å². The van der Waals surface area contributed by atoms with Gasteiger partial charge in [0, 0.05) is 6.54 Å². The Morgan fingerprint density at radius 3 is 2.43 bits per heavy atom. The summed E-state index contributed by atoms with van der Waals surface area (Å²) in [5, 5.41) is 2.89. The smallest absolute Gasteiger partial charge is 0.248 e. The van der Waals surface area contributed by atoms with Crippen molar-refractivity contribution in [3.63, 3.8) is 0 Å². The molecule has 2 amide bonds. The molecule has 0 bridgehead atoms. The van der Waals surface area contributed by atoms with Crippen LogP contribution >= 0.6 is 0 Å². The summed E-state index contributed by atoms with van der Waals surface area (Å²) < 4.78 is 0. The number of piperazine rings is 1. The molecule has 0 aromatic heterocycles. The van der Waals surface area contributed by atoms with Crippen LogP contribution in [-0.4, -0.2) is 29.3 Å². The van der Waals surface area contributed by atoms with Gasteiger partial charge in [0.25, 0.3) is 0 Å². The van der Waals surface area contributed by atoms with Crippen molar-refractivity contribution >= 4 is 11.8 Å². The van der Waals surface area contributed by atoms with Crippen LogP contribution in [-0.2, 0) is 9.59 Å². The van der Waals surface area contributed by atoms with Crippen molar-refractivity contribution in [3.8, 4) is 0 Å². The van der Waals surface area contributed by atoms with Crippen molar-refractivity contribution in [1.29, 1.82) is 0 Å². The lowest BCUT2D eigenvalue weighted by molar-refractivity contribution is -0.151. The SMILES string of the molecule is CCCCN1C(=O)C(C(C)C)NC(=O)C1c1ccccc1. The predicted molar refractivity (Wildman–Crippen MR) is 82.6 cm³/mol. The van der Waals surface area contributed by atoms with E-state index in [4.69, 9.17) is 0 Å². The van der Waals surface area contributed by atoms with Gasteiger partial charge in [0.1, 0.15) is 12.1 Å². The molecule has 4 nitrogen and oxygen atoms in total. The third kappa shape index (κ3) is 3.26. The Morgan fingerprint density at radius 2 is 1.86 bits per heavy atom. The molecule has 0 aliphatic carbocycles. The quantitative estimate of drug-likeness (QED) is 0.905. The average molecular weight is 288 g/mol. The minimum Gasteiger partial charge on any atom is -0.342 e. The summed E-state index contributed by atoms with van der Waals surface area (Å²) in [7, 11) is 0. The first-order valence-corrected chi connectivity index (χ1v) is 7.72. The zero-order valence-corrected chi connectivity index (χ0v) is 13.0. The van der Waals surface area contributed by atoms with E-state index in [1.807, 2.05) is 44.2 Å². The summed E-state index contributed by atoms with van der Waals surface area (Å²) in [4.78, 5) is 27.0. The summed E-state index contributed by atoms with van der Waals surface area (Å²) >= 11 is 0. The second-order valence-corrected chi connectivity index (χ2v) is 5.93. The molecule has 114 valence electrons. The van der Waals surface area contributed by atoms with Crippen LogP contribution in [0.3, 0.4) is 0 Å². The molecule has 1 fully saturated rings.